The highest BCUT2D eigenvalue weighted by Gasteiger charge is 2.25. The lowest BCUT2D eigenvalue weighted by Crippen LogP contribution is -2.40. The van der Waals surface area contributed by atoms with Crippen LogP contribution in [0.15, 0.2) is 61.1 Å². The highest BCUT2D eigenvalue weighted by Crippen LogP contribution is 2.16. The standard InChI is InChI=1S/C20H21N5O2/c26-20(18-9-13-25(23-18)16-6-2-1-3-7-16)27-17-8-4-12-24(14-17)15-19-21-10-5-11-22-19/h1-3,5-7,9-11,13,17H,4,8,12,14-15H2/t17-/m0/s1. The van der Waals surface area contributed by atoms with Crippen LogP contribution in [0.4, 0.5) is 0 Å². The number of ether oxygens (including phenoxy) is 1. The van der Waals surface area contributed by atoms with Gasteiger partial charge in [-0.3, -0.25) is 4.90 Å². The third kappa shape index (κ3) is 4.38. The fraction of sp³-hybridized carbons (Fsp3) is 0.300. The van der Waals surface area contributed by atoms with Gasteiger partial charge in [-0.15, -0.1) is 0 Å². The topological polar surface area (TPSA) is 73.1 Å². The van der Waals surface area contributed by atoms with E-state index >= 15 is 0 Å². The lowest BCUT2D eigenvalue weighted by atomic mass is 10.1. The first-order chi connectivity index (χ1) is 13.3. The van der Waals surface area contributed by atoms with Crippen LogP contribution >= 0.6 is 0 Å². The van der Waals surface area contributed by atoms with Crippen molar-refractivity contribution in [2.75, 3.05) is 13.1 Å². The SMILES string of the molecule is O=C(O[C@H]1CCCN(Cc2ncccn2)C1)c1ccn(-c2ccccc2)n1. The minimum Gasteiger partial charge on any atom is -0.456 e. The molecule has 0 unspecified atom stereocenters. The van der Waals surface area contributed by atoms with Gasteiger partial charge in [-0.05, 0) is 43.7 Å². The van der Waals surface area contributed by atoms with E-state index in [-0.39, 0.29) is 12.1 Å². The highest BCUT2D eigenvalue weighted by molar-refractivity contribution is 5.87. The van der Waals surface area contributed by atoms with Crippen LogP contribution in [-0.4, -0.2) is 49.8 Å². The maximum atomic E-state index is 12.5. The van der Waals surface area contributed by atoms with Gasteiger partial charge in [0.1, 0.15) is 11.9 Å². The Morgan fingerprint density at radius 2 is 1.93 bits per heavy atom. The van der Waals surface area contributed by atoms with Gasteiger partial charge in [0.05, 0.1) is 12.2 Å². The lowest BCUT2D eigenvalue weighted by molar-refractivity contribution is 0.00462. The first-order valence-corrected chi connectivity index (χ1v) is 9.08. The smallest absolute Gasteiger partial charge is 0.359 e. The number of carbonyl (C=O) groups excluding carboxylic acids is 1. The van der Waals surface area contributed by atoms with Crippen molar-refractivity contribution >= 4 is 5.97 Å². The third-order valence-electron chi connectivity index (χ3n) is 4.54. The summed E-state index contributed by atoms with van der Waals surface area (Å²) in [6, 6.07) is 13.2. The highest BCUT2D eigenvalue weighted by atomic mass is 16.5. The van der Waals surface area contributed by atoms with Crippen LogP contribution in [-0.2, 0) is 11.3 Å². The summed E-state index contributed by atoms with van der Waals surface area (Å²) in [5, 5.41) is 4.34. The first-order valence-electron chi connectivity index (χ1n) is 9.08. The second kappa shape index (κ2) is 8.09. The van der Waals surface area contributed by atoms with Gasteiger partial charge in [-0.1, -0.05) is 18.2 Å². The third-order valence-corrected chi connectivity index (χ3v) is 4.54. The summed E-state index contributed by atoms with van der Waals surface area (Å²) >= 11 is 0. The Morgan fingerprint density at radius 1 is 1.11 bits per heavy atom. The van der Waals surface area contributed by atoms with Gasteiger partial charge < -0.3 is 4.74 Å². The molecule has 27 heavy (non-hydrogen) atoms. The van der Waals surface area contributed by atoms with Crippen LogP contribution in [0.1, 0.15) is 29.2 Å². The summed E-state index contributed by atoms with van der Waals surface area (Å²) in [6.45, 7) is 2.30. The molecule has 0 aliphatic carbocycles. The monoisotopic (exact) mass is 363 g/mol. The predicted octanol–water partition coefficient (Wildman–Crippen LogP) is 2.48. The number of esters is 1. The number of nitrogens with zero attached hydrogens (tertiary/aromatic N) is 5. The van der Waals surface area contributed by atoms with Crippen LogP contribution in [0.5, 0.6) is 0 Å². The van der Waals surface area contributed by atoms with E-state index in [2.05, 4.69) is 20.0 Å². The van der Waals surface area contributed by atoms with Crippen molar-refractivity contribution in [1.82, 2.24) is 24.6 Å². The Hall–Kier alpha value is -3.06. The summed E-state index contributed by atoms with van der Waals surface area (Å²) in [4.78, 5) is 23.2. The molecule has 1 atom stereocenters. The fourth-order valence-corrected chi connectivity index (χ4v) is 3.23. The van der Waals surface area contributed by atoms with Crippen molar-refractivity contribution in [1.29, 1.82) is 0 Å². The summed E-state index contributed by atoms with van der Waals surface area (Å²) in [5.41, 5.74) is 1.23. The zero-order valence-corrected chi connectivity index (χ0v) is 14.9. The molecule has 138 valence electrons. The molecule has 3 aromatic rings. The maximum Gasteiger partial charge on any atom is 0.359 e. The van der Waals surface area contributed by atoms with Gasteiger partial charge >= 0.3 is 5.97 Å². The number of likely N-dealkylation sites (tertiary alicyclic amines) is 1. The molecule has 3 heterocycles. The number of aromatic nitrogens is 4. The molecule has 0 spiro atoms. The Balaban J connectivity index is 1.36. The van der Waals surface area contributed by atoms with Gasteiger partial charge in [-0.25, -0.2) is 19.4 Å². The molecular weight excluding hydrogens is 342 g/mol. The van der Waals surface area contributed by atoms with Crippen molar-refractivity contribution < 1.29 is 9.53 Å². The van der Waals surface area contributed by atoms with E-state index in [4.69, 9.17) is 4.74 Å². The van der Waals surface area contributed by atoms with Gasteiger partial charge in [0, 0.05) is 25.1 Å². The van der Waals surface area contributed by atoms with E-state index in [1.165, 1.54) is 0 Å². The predicted molar refractivity (Wildman–Crippen MR) is 99.3 cm³/mol. The molecule has 4 rings (SSSR count). The lowest BCUT2D eigenvalue weighted by Gasteiger charge is -2.31. The van der Waals surface area contributed by atoms with Gasteiger partial charge in [0.2, 0.25) is 0 Å². The molecule has 0 amide bonds. The quantitative estimate of drug-likeness (QED) is 0.649. The van der Waals surface area contributed by atoms with Gasteiger partial charge in [-0.2, -0.15) is 5.10 Å². The van der Waals surface area contributed by atoms with Crippen LogP contribution in [0.2, 0.25) is 0 Å². The normalized spacial score (nSPS) is 17.6. The van der Waals surface area contributed by atoms with Crippen molar-refractivity contribution in [3.8, 4) is 5.69 Å². The van der Waals surface area contributed by atoms with Crippen molar-refractivity contribution in [2.45, 2.75) is 25.5 Å². The number of para-hydroxylation sites is 1. The minimum atomic E-state index is -0.382. The van der Waals surface area contributed by atoms with E-state index in [1.54, 1.807) is 35.4 Å². The summed E-state index contributed by atoms with van der Waals surface area (Å²) in [6.07, 6.45) is 6.95. The Kier molecular flexibility index (Phi) is 5.20. The molecule has 0 bridgehead atoms. The van der Waals surface area contributed by atoms with Crippen LogP contribution in [0.25, 0.3) is 5.69 Å². The second-order valence-electron chi connectivity index (χ2n) is 6.55. The van der Waals surface area contributed by atoms with Crippen LogP contribution in [0.3, 0.4) is 0 Å². The molecule has 1 saturated heterocycles. The number of piperidine rings is 1. The van der Waals surface area contributed by atoms with Gasteiger partial charge in [0.15, 0.2) is 5.69 Å². The Bertz CT molecular complexity index is 882. The summed E-state index contributed by atoms with van der Waals surface area (Å²) in [7, 11) is 0. The number of hydrogen-bond donors (Lipinski definition) is 0. The molecule has 0 N–H and O–H groups in total. The molecular formula is C20H21N5O2. The molecule has 0 saturated carbocycles. The van der Waals surface area contributed by atoms with Gasteiger partial charge in [0.25, 0.3) is 0 Å². The number of hydrogen-bond acceptors (Lipinski definition) is 6. The zero-order valence-electron chi connectivity index (χ0n) is 14.9. The fourth-order valence-electron chi connectivity index (χ4n) is 3.23. The first kappa shape index (κ1) is 17.4. The number of rotatable bonds is 5. The van der Waals surface area contributed by atoms with E-state index in [0.717, 1.165) is 30.9 Å². The van der Waals surface area contributed by atoms with E-state index < -0.39 is 0 Å². The van der Waals surface area contributed by atoms with Crippen molar-refractivity contribution in [2.24, 2.45) is 0 Å². The van der Waals surface area contributed by atoms with Crippen LogP contribution < -0.4 is 0 Å². The van der Waals surface area contributed by atoms with E-state index in [1.807, 2.05) is 30.3 Å². The van der Waals surface area contributed by atoms with Crippen molar-refractivity contribution in [3.05, 3.63) is 72.6 Å². The molecule has 2 aromatic heterocycles. The van der Waals surface area contributed by atoms with Crippen LogP contribution in [0, 0.1) is 0 Å². The molecule has 1 aromatic carbocycles. The summed E-state index contributed by atoms with van der Waals surface area (Å²) in [5.74, 6) is 0.401. The zero-order chi connectivity index (χ0) is 18.5. The largest absolute Gasteiger partial charge is 0.456 e. The molecule has 1 aliphatic heterocycles. The van der Waals surface area contributed by atoms with E-state index in [9.17, 15) is 4.79 Å². The Morgan fingerprint density at radius 3 is 2.74 bits per heavy atom. The maximum absolute atomic E-state index is 12.5. The molecule has 0 radical (unpaired) electrons. The average molecular weight is 363 g/mol. The Labute approximate surface area is 157 Å². The summed E-state index contributed by atoms with van der Waals surface area (Å²) < 4.78 is 7.37. The minimum absolute atomic E-state index is 0.142. The van der Waals surface area contributed by atoms with Crippen molar-refractivity contribution in [3.63, 3.8) is 0 Å². The molecule has 1 fully saturated rings. The second-order valence-corrected chi connectivity index (χ2v) is 6.55. The average Bonchev–Trinajstić information content (AvgIpc) is 3.20. The molecule has 7 heteroatoms. The number of benzene rings is 1. The molecule has 7 nitrogen and oxygen atoms in total. The van der Waals surface area contributed by atoms with E-state index in [0.29, 0.717) is 18.8 Å². The molecule has 1 aliphatic rings. The number of carbonyl (C=O) groups is 1.